The Balaban J connectivity index is 1.92. The number of nitrogens with zero attached hydrogens (tertiary/aromatic N) is 1. The summed E-state index contributed by atoms with van der Waals surface area (Å²) >= 11 is 1.66. The molecule has 0 spiro atoms. The van der Waals surface area contributed by atoms with Crippen molar-refractivity contribution in [3.05, 3.63) is 106 Å². The van der Waals surface area contributed by atoms with Crippen molar-refractivity contribution >= 4 is 21.4 Å². The summed E-state index contributed by atoms with van der Waals surface area (Å²) in [6, 6.07) is 27.4. The van der Waals surface area contributed by atoms with Crippen molar-refractivity contribution in [2.75, 3.05) is 0 Å². The third-order valence-corrected chi connectivity index (χ3v) is 5.65. The fourth-order valence-corrected chi connectivity index (χ4v) is 4.24. The van der Waals surface area contributed by atoms with Crippen LogP contribution in [-0.4, -0.2) is 0 Å². The molecule has 2 nitrogen and oxygen atoms in total. The third kappa shape index (κ3) is 3.03. The highest BCUT2D eigenvalue weighted by Crippen LogP contribution is 2.32. The molecule has 0 aliphatic carbocycles. The maximum Gasteiger partial charge on any atom is 0.192 e. The smallest absolute Gasteiger partial charge is 0.192 e. The summed E-state index contributed by atoms with van der Waals surface area (Å²) in [6.45, 7) is 0. The van der Waals surface area contributed by atoms with Gasteiger partial charge in [0.05, 0.1) is 11.6 Å². The minimum Gasteiger partial charge on any atom is -0.289 e. The molecule has 0 saturated heterocycles. The number of hydrogen-bond acceptors (Lipinski definition) is 3. The van der Waals surface area contributed by atoms with Crippen LogP contribution in [-0.2, 0) is 6.42 Å². The van der Waals surface area contributed by atoms with Crippen LogP contribution in [0.4, 0.5) is 0 Å². The summed E-state index contributed by atoms with van der Waals surface area (Å²) in [6.07, 6.45) is 0.552. The molecule has 0 aliphatic rings. The van der Waals surface area contributed by atoms with Crippen LogP contribution in [0.2, 0.25) is 0 Å². The van der Waals surface area contributed by atoms with Gasteiger partial charge in [-0.2, -0.15) is 5.26 Å². The van der Waals surface area contributed by atoms with Crippen molar-refractivity contribution in [1.82, 2.24) is 0 Å². The molecule has 0 N–H and O–H groups in total. The van der Waals surface area contributed by atoms with Crippen molar-refractivity contribution in [3.63, 3.8) is 0 Å². The number of nitriles is 1. The van der Waals surface area contributed by atoms with Crippen molar-refractivity contribution < 1.29 is 0 Å². The fourth-order valence-electron chi connectivity index (χ4n) is 3.06. The molecule has 0 bridgehead atoms. The van der Waals surface area contributed by atoms with Crippen molar-refractivity contribution in [3.8, 4) is 16.5 Å². The molecule has 1 aromatic heterocycles. The Kier molecular flexibility index (Phi) is 4.35. The summed E-state index contributed by atoms with van der Waals surface area (Å²) in [5.74, 6) is 0. The molecule has 26 heavy (non-hydrogen) atoms. The number of fused-ring (bicyclic) bond motifs is 1. The lowest BCUT2D eigenvalue weighted by atomic mass is 9.99. The van der Waals surface area contributed by atoms with Crippen molar-refractivity contribution in [2.45, 2.75) is 6.42 Å². The van der Waals surface area contributed by atoms with E-state index in [0.29, 0.717) is 12.0 Å². The van der Waals surface area contributed by atoms with E-state index in [4.69, 9.17) is 5.26 Å². The van der Waals surface area contributed by atoms with Crippen LogP contribution in [0, 0.1) is 11.3 Å². The van der Waals surface area contributed by atoms with Crippen LogP contribution < -0.4 is 5.43 Å². The van der Waals surface area contributed by atoms with Crippen LogP contribution in [0.3, 0.4) is 0 Å². The molecule has 3 heteroatoms. The predicted molar refractivity (Wildman–Crippen MR) is 107 cm³/mol. The number of hydrogen-bond donors (Lipinski definition) is 0. The molecule has 3 aromatic carbocycles. The topological polar surface area (TPSA) is 40.9 Å². The zero-order valence-electron chi connectivity index (χ0n) is 14.0. The molecule has 0 saturated carbocycles. The lowest BCUT2D eigenvalue weighted by Gasteiger charge is -2.11. The average molecular weight is 353 g/mol. The average Bonchev–Trinajstić information content (AvgIpc) is 2.71. The molecule has 0 aliphatic heterocycles. The second kappa shape index (κ2) is 6.95. The van der Waals surface area contributed by atoms with Gasteiger partial charge < -0.3 is 0 Å². The second-order valence-corrected chi connectivity index (χ2v) is 7.14. The summed E-state index contributed by atoms with van der Waals surface area (Å²) in [4.78, 5) is 14.2. The Hall–Kier alpha value is -3.22. The van der Waals surface area contributed by atoms with E-state index in [1.807, 2.05) is 66.7 Å². The zero-order chi connectivity index (χ0) is 17.9. The summed E-state index contributed by atoms with van der Waals surface area (Å²) in [5.41, 5.74) is 3.61. The highest BCUT2D eigenvalue weighted by atomic mass is 32.1. The van der Waals surface area contributed by atoms with Crippen LogP contribution in [0.5, 0.6) is 0 Å². The number of rotatable bonds is 3. The van der Waals surface area contributed by atoms with Gasteiger partial charge >= 0.3 is 0 Å². The third-order valence-electron chi connectivity index (χ3n) is 4.39. The van der Waals surface area contributed by atoms with Gasteiger partial charge in [-0.1, -0.05) is 54.6 Å². The minimum atomic E-state index is 0.0857. The monoisotopic (exact) mass is 353 g/mol. The van der Waals surface area contributed by atoms with E-state index in [9.17, 15) is 4.79 Å². The molecular weight excluding hydrogens is 338 g/mol. The first kappa shape index (κ1) is 16.3. The molecule has 0 atom stereocenters. The maximum absolute atomic E-state index is 13.2. The largest absolute Gasteiger partial charge is 0.289 e. The van der Waals surface area contributed by atoms with Gasteiger partial charge in [0.25, 0.3) is 0 Å². The number of benzene rings is 3. The van der Waals surface area contributed by atoms with Gasteiger partial charge in [-0.25, -0.2) is 0 Å². The summed E-state index contributed by atoms with van der Waals surface area (Å²) in [5, 5.41) is 9.74. The lowest BCUT2D eigenvalue weighted by Crippen LogP contribution is -2.10. The van der Waals surface area contributed by atoms with Gasteiger partial charge in [0.2, 0.25) is 0 Å². The molecule has 4 rings (SSSR count). The quantitative estimate of drug-likeness (QED) is 0.495. The highest BCUT2D eigenvalue weighted by Gasteiger charge is 2.14. The molecule has 0 fully saturated rings. The summed E-state index contributed by atoms with van der Waals surface area (Å²) < 4.78 is 1.000. The Labute approximate surface area is 155 Å². The van der Waals surface area contributed by atoms with E-state index in [1.54, 1.807) is 23.5 Å². The SMILES string of the molecule is N#Cc1ccc(Cc2c(-c3ccccc3)sc3ccccc3c2=O)cc1. The molecule has 0 radical (unpaired) electrons. The Morgan fingerprint density at radius 2 is 1.54 bits per heavy atom. The Bertz CT molecular complexity index is 1170. The van der Waals surface area contributed by atoms with E-state index in [1.165, 1.54) is 0 Å². The zero-order valence-corrected chi connectivity index (χ0v) is 14.8. The molecule has 4 aromatic rings. The van der Waals surface area contributed by atoms with E-state index in [-0.39, 0.29) is 5.43 Å². The standard InChI is InChI=1S/C23H15NOS/c24-15-17-12-10-16(11-13-17)14-20-22(25)19-8-4-5-9-21(19)26-23(20)18-6-2-1-3-7-18/h1-13H,14H2. The first-order valence-corrected chi connectivity index (χ1v) is 9.17. The van der Waals surface area contributed by atoms with Crippen molar-refractivity contribution in [1.29, 1.82) is 5.26 Å². The highest BCUT2D eigenvalue weighted by molar-refractivity contribution is 7.21. The van der Waals surface area contributed by atoms with Crippen LogP contribution in [0.25, 0.3) is 20.5 Å². The van der Waals surface area contributed by atoms with Crippen LogP contribution in [0.1, 0.15) is 16.7 Å². The van der Waals surface area contributed by atoms with E-state index in [0.717, 1.165) is 31.7 Å². The maximum atomic E-state index is 13.2. The van der Waals surface area contributed by atoms with Gasteiger partial charge in [0.15, 0.2) is 5.43 Å². The Morgan fingerprint density at radius 3 is 2.27 bits per heavy atom. The first-order valence-electron chi connectivity index (χ1n) is 8.35. The first-order chi connectivity index (χ1) is 12.8. The normalized spacial score (nSPS) is 10.6. The van der Waals surface area contributed by atoms with E-state index < -0.39 is 0 Å². The minimum absolute atomic E-state index is 0.0857. The Morgan fingerprint density at radius 1 is 0.846 bits per heavy atom. The fraction of sp³-hybridized carbons (Fsp3) is 0.0435. The molecule has 0 amide bonds. The molecular formula is C23H15NOS. The van der Waals surface area contributed by atoms with Gasteiger partial charge in [-0.05, 0) is 35.4 Å². The van der Waals surface area contributed by atoms with Crippen LogP contribution in [0.15, 0.2) is 83.7 Å². The molecule has 0 unspecified atom stereocenters. The predicted octanol–water partition coefficient (Wildman–Crippen LogP) is 5.39. The van der Waals surface area contributed by atoms with E-state index >= 15 is 0 Å². The lowest BCUT2D eigenvalue weighted by molar-refractivity contribution is 1.19. The van der Waals surface area contributed by atoms with Gasteiger partial charge in [0, 0.05) is 26.9 Å². The van der Waals surface area contributed by atoms with Crippen LogP contribution >= 0.6 is 11.3 Å². The van der Waals surface area contributed by atoms with E-state index in [2.05, 4.69) is 6.07 Å². The molecule has 1 heterocycles. The summed E-state index contributed by atoms with van der Waals surface area (Å²) in [7, 11) is 0. The van der Waals surface area contributed by atoms with Gasteiger partial charge in [-0.3, -0.25) is 4.79 Å². The molecule has 124 valence electrons. The van der Waals surface area contributed by atoms with Gasteiger partial charge in [-0.15, -0.1) is 11.3 Å². The van der Waals surface area contributed by atoms with Crippen molar-refractivity contribution in [2.24, 2.45) is 0 Å². The van der Waals surface area contributed by atoms with Gasteiger partial charge in [0.1, 0.15) is 0 Å². The second-order valence-electron chi connectivity index (χ2n) is 6.09.